The number of benzene rings is 2. The molecule has 1 fully saturated rings. The first-order chi connectivity index (χ1) is 10.2. The molecule has 0 unspecified atom stereocenters. The minimum atomic E-state index is 0.564. The third-order valence-electron chi connectivity index (χ3n) is 4.26. The van der Waals surface area contributed by atoms with Crippen LogP contribution < -0.4 is 10.1 Å². The maximum absolute atomic E-state index is 5.30. The van der Waals surface area contributed by atoms with Gasteiger partial charge in [-0.15, -0.1) is 0 Å². The summed E-state index contributed by atoms with van der Waals surface area (Å²) in [6.45, 7) is 2.15. The number of rotatable bonds is 4. The Hall–Kier alpha value is -1.48. The zero-order valence-corrected chi connectivity index (χ0v) is 14.0. The second-order valence-corrected chi connectivity index (χ2v) is 6.66. The molecule has 3 rings (SSSR count). The van der Waals surface area contributed by atoms with Gasteiger partial charge in [-0.25, -0.2) is 0 Å². The molecule has 1 saturated carbocycles. The molecular formula is C18H20BrNO. The molecule has 1 aliphatic carbocycles. The molecule has 21 heavy (non-hydrogen) atoms. The number of anilines is 1. The van der Waals surface area contributed by atoms with Gasteiger partial charge >= 0.3 is 0 Å². The highest BCUT2D eigenvalue weighted by atomic mass is 79.9. The second kappa shape index (κ2) is 6.10. The van der Waals surface area contributed by atoms with Crippen LogP contribution in [-0.2, 0) is 0 Å². The minimum absolute atomic E-state index is 0.564. The summed E-state index contributed by atoms with van der Waals surface area (Å²) in [6.07, 6.45) is 2.36. The van der Waals surface area contributed by atoms with Crippen molar-refractivity contribution >= 4 is 21.6 Å². The molecule has 0 aromatic heterocycles. The van der Waals surface area contributed by atoms with Crippen LogP contribution in [0.25, 0.3) is 0 Å². The van der Waals surface area contributed by atoms with Crippen molar-refractivity contribution in [3.8, 4) is 5.75 Å². The minimum Gasteiger partial charge on any atom is -0.497 e. The molecule has 3 heteroatoms. The van der Waals surface area contributed by atoms with Crippen LogP contribution in [0.3, 0.4) is 0 Å². The summed E-state index contributed by atoms with van der Waals surface area (Å²) >= 11 is 3.54. The van der Waals surface area contributed by atoms with Gasteiger partial charge in [0.15, 0.2) is 0 Å². The molecule has 0 aliphatic heterocycles. The van der Waals surface area contributed by atoms with Gasteiger partial charge in [0.05, 0.1) is 7.11 Å². The van der Waals surface area contributed by atoms with Crippen LogP contribution in [0.5, 0.6) is 5.75 Å². The maximum Gasteiger partial charge on any atom is 0.119 e. The van der Waals surface area contributed by atoms with E-state index in [1.54, 1.807) is 7.11 Å². The normalized spacial score (nSPS) is 20.7. The van der Waals surface area contributed by atoms with E-state index in [4.69, 9.17) is 4.74 Å². The standard InChI is InChI=1S/C18H20BrNO/c1-12-6-7-15(19)11-18(12)20-16-8-14(9-16)13-4-3-5-17(10-13)21-2/h3-7,10-11,14,16,20H,8-9H2,1-2H3. The summed E-state index contributed by atoms with van der Waals surface area (Å²) in [7, 11) is 1.72. The Morgan fingerprint density at radius 3 is 2.71 bits per heavy atom. The Morgan fingerprint density at radius 2 is 1.95 bits per heavy atom. The molecule has 110 valence electrons. The molecule has 0 atom stereocenters. The highest BCUT2D eigenvalue weighted by molar-refractivity contribution is 9.10. The summed E-state index contributed by atoms with van der Waals surface area (Å²) < 4.78 is 6.43. The van der Waals surface area contributed by atoms with Gasteiger partial charge in [-0.3, -0.25) is 0 Å². The maximum atomic E-state index is 5.30. The Balaban J connectivity index is 1.61. The number of ether oxygens (including phenoxy) is 1. The molecule has 0 bridgehead atoms. The largest absolute Gasteiger partial charge is 0.497 e. The Labute approximate surface area is 134 Å². The van der Waals surface area contributed by atoms with Crippen LogP contribution in [0.1, 0.15) is 29.9 Å². The van der Waals surface area contributed by atoms with E-state index in [1.165, 1.54) is 29.7 Å². The zero-order chi connectivity index (χ0) is 14.8. The first-order valence-electron chi connectivity index (χ1n) is 7.32. The third-order valence-corrected chi connectivity index (χ3v) is 4.76. The molecule has 2 aromatic carbocycles. The Kier molecular flexibility index (Phi) is 4.20. The van der Waals surface area contributed by atoms with Crippen LogP contribution in [-0.4, -0.2) is 13.2 Å². The van der Waals surface area contributed by atoms with Crippen molar-refractivity contribution in [2.45, 2.75) is 31.7 Å². The van der Waals surface area contributed by atoms with Gasteiger partial charge in [0, 0.05) is 16.2 Å². The van der Waals surface area contributed by atoms with Gasteiger partial charge in [0.25, 0.3) is 0 Å². The smallest absolute Gasteiger partial charge is 0.119 e. The molecule has 2 nitrogen and oxygen atoms in total. The van der Waals surface area contributed by atoms with Crippen molar-refractivity contribution in [1.29, 1.82) is 0 Å². The van der Waals surface area contributed by atoms with Gasteiger partial charge in [-0.05, 0) is 61.1 Å². The number of hydrogen-bond acceptors (Lipinski definition) is 2. The van der Waals surface area contributed by atoms with Gasteiger partial charge in [-0.1, -0.05) is 34.1 Å². The van der Waals surface area contributed by atoms with E-state index in [1.807, 2.05) is 6.07 Å². The fourth-order valence-corrected chi connectivity index (χ4v) is 3.23. The number of hydrogen-bond donors (Lipinski definition) is 1. The van der Waals surface area contributed by atoms with Crippen LogP contribution >= 0.6 is 15.9 Å². The van der Waals surface area contributed by atoms with E-state index in [-0.39, 0.29) is 0 Å². The van der Waals surface area contributed by atoms with Crippen LogP contribution in [0.4, 0.5) is 5.69 Å². The lowest BCUT2D eigenvalue weighted by Gasteiger charge is -2.37. The Bertz CT molecular complexity index is 635. The van der Waals surface area contributed by atoms with Crippen molar-refractivity contribution in [2.75, 3.05) is 12.4 Å². The highest BCUT2D eigenvalue weighted by Crippen LogP contribution is 2.40. The highest BCUT2D eigenvalue weighted by Gasteiger charge is 2.30. The first-order valence-corrected chi connectivity index (χ1v) is 8.11. The molecular weight excluding hydrogens is 326 g/mol. The van der Waals surface area contributed by atoms with Gasteiger partial charge in [0.1, 0.15) is 5.75 Å². The molecule has 1 N–H and O–H groups in total. The Morgan fingerprint density at radius 1 is 1.14 bits per heavy atom. The lowest BCUT2D eigenvalue weighted by molar-refractivity contribution is 0.370. The van der Waals surface area contributed by atoms with E-state index in [2.05, 4.69) is 64.6 Å². The van der Waals surface area contributed by atoms with Gasteiger partial charge in [0.2, 0.25) is 0 Å². The summed E-state index contributed by atoms with van der Waals surface area (Å²) in [6, 6.07) is 15.4. The van der Waals surface area contributed by atoms with Crippen LogP contribution in [0.2, 0.25) is 0 Å². The number of methoxy groups -OCH3 is 1. The van der Waals surface area contributed by atoms with E-state index in [9.17, 15) is 0 Å². The van der Waals surface area contributed by atoms with Crippen molar-refractivity contribution in [3.63, 3.8) is 0 Å². The lowest BCUT2D eigenvalue weighted by atomic mass is 9.75. The fraction of sp³-hybridized carbons (Fsp3) is 0.333. The van der Waals surface area contributed by atoms with Crippen molar-refractivity contribution in [2.24, 2.45) is 0 Å². The van der Waals surface area contributed by atoms with Gasteiger partial charge in [-0.2, -0.15) is 0 Å². The molecule has 1 aliphatic rings. The molecule has 0 saturated heterocycles. The quantitative estimate of drug-likeness (QED) is 0.829. The lowest BCUT2D eigenvalue weighted by Crippen LogP contribution is -2.34. The number of nitrogens with one attached hydrogen (secondary N) is 1. The molecule has 0 radical (unpaired) electrons. The van der Waals surface area contributed by atoms with E-state index in [0.717, 1.165) is 10.2 Å². The van der Waals surface area contributed by atoms with Crippen molar-refractivity contribution in [1.82, 2.24) is 0 Å². The molecule has 0 heterocycles. The fourth-order valence-electron chi connectivity index (χ4n) is 2.87. The van der Waals surface area contributed by atoms with Crippen LogP contribution in [0.15, 0.2) is 46.9 Å². The zero-order valence-electron chi connectivity index (χ0n) is 12.4. The molecule has 0 spiro atoms. The van der Waals surface area contributed by atoms with E-state index >= 15 is 0 Å². The average Bonchev–Trinajstić information content (AvgIpc) is 2.46. The summed E-state index contributed by atoms with van der Waals surface area (Å²) in [5.41, 5.74) is 3.92. The van der Waals surface area contributed by atoms with Gasteiger partial charge < -0.3 is 10.1 Å². The monoisotopic (exact) mass is 345 g/mol. The summed E-state index contributed by atoms with van der Waals surface area (Å²) in [5.74, 6) is 1.59. The van der Waals surface area contributed by atoms with Crippen molar-refractivity contribution in [3.05, 3.63) is 58.1 Å². The summed E-state index contributed by atoms with van der Waals surface area (Å²) in [4.78, 5) is 0. The number of aryl methyl sites for hydroxylation is 1. The third kappa shape index (κ3) is 3.24. The predicted molar refractivity (Wildman–Crippen MR) is 91.3 cm³/mol. The SMILES string of the molecule is COc1cccc(C2CC(Nc3cc(Br)ccc3C)C2)c1. The van der Waals surface area contributed by atoms with Crippen LogP contribution in [0, 0.1) is 6.92 Å². The van der Waals surface area contributed by atoms with E-state index < -0.39 is 0 Å². The van der Waals surface area contributed by atoms with Crippen molar-refractivity contribution < 1.29 is 4.74 Å². The number of halogens is 1. The average molecular weight is 346 g/mol. The molecule has 2 aromatic rings. The topological polar surface area (TPSA) is 21.3 Å². The second-order valence-electron chi connectivity index (χ2n) is 5.75. The summed E-state index contributed by atoms with van der Waals surface area (Å²) in [5, 5.41) is 3.65. The van der Waals surface area contributed by atoms with E-state index in [0.29, 0.717) is 12.0 Å². The predicted octanol–water partition coefficient (Wildman–Crippen LogP) is 5.12. The first kappa shape index (κ1) is 14.5. The molecule has 0 amide bonds.